The molecule has 0 atom stereocenters. The summed E-state index contributed by atoms with van der Waals surface area (Å²) in [6, 6.07) is 5.92. The summed E-state index contributed by atoms with van der Waals surface area (Å²) < 4.78 is 27.9. The van der Waals surface area contributed by atoms with Gasteiger partial charge in [0.25, 0.3) is 10.0 Å². The predicted molar refractivity (Wildman–Crippen MR) is 66.9 cm³/mol. The van der Waals surface area contributed by atoms with Gasteiger partial charge in [-0.25, -0.2) is 8.42 Å². The molecule has 6 nitrogen and oxygen atoms in total. The molecule has 2 aromatic rings. The molecule has 0 radical (unpaired) electrons. The smallest absolute Gasteiger partial charge is 0.266 e. The van der Waals surface area contributed by atoms with Crippen LogP contribution in [0.25, 0.3) is 0 Å². The van der Waals surface area contributed by atoms with Crippen LogP contribution in [0.15, 0.2) is 35.4 Å². The van der Waals surface area contributed by atoms with Gasteiger partial charge in [-0.2, -0.15) is 5.10 Å². The van der Waals surface area contributed by atoms with Gasteiger partial charge < -0.3 is 5.11 Å². The zero-order valence-electron chi connectivity index (χ0n) is 9.95. The van der Waals surface area contributed by atoms with Crippen LogP contribution in [0.3, 0.4) is 0 Å². The molecule has 0 fully saturated rings. The second-order valence-corrected chi connectivity index (χ2v) is 5.60. The van der Waals surface area contributed by atoms with Crippen LogP contribution in [0.4, 0.5) is 5.82 Å². The van der Waals surface area contributed by atoms with E-state index in [1.807, 2.05) is 0 Å². The van der Waals surface area contributed by atoms with E-state index in [2.05, 4.69) is 9.82 Å². The first-order valence-electron chi connectivity index (χ1n) is 5.20. The summed E-state index contributed by atoms with van der Waals surface area (Å²) in [7, 11) is -2.15. The molecule has 0 unspecified atom stereocenters. The lowest BCUT2D eigenvalue weighted by Crippen LogP contribution is -2.14. The van der Waals surface area contributed by atoms with Crippen LogP contribution in [-0.4, -0.2) is 23.3 Å². The summed E-state index contributed by atoms with van der Waals surface area (Å²) in [5.74, 6) is -0.0811. The van der Waals surface area contributed by atoms with Gasteiger partial charge in [-0.3, -0.25) is 9.40 Å². The number of sulfonamides is 1. The van der Waals surface area contributed by atoms with Gasteiger partial charge in [0.15, 0.2) is 5.82 Å². The Bertz CT molecular complexity index is 677. The van der Waals surface area contributed by atoms with E-state index in [4.69, 9.17) is 0 Å². The Labute approximate surface area is 105 Å². The lowest BCUT2D eigenvalue weighted by molar-refractivity contribution is 0.459. The van der Waals surface area contributed by atoms with Crippen molar-refractivity contribution in [1.29, 1.82) is 0 Å². The van der Waals surface area contributed by atoms with Crippen LogP contribution in [0.2, 0.25) is 0 Å². The first kappa shape index (κ1) is 12.4. The van der Waals surface area contributed by atoms with Gasteiger partial charge in [0, 0.05) is 19.3 Å². The molecule has 0 saturated heterocycles. The first-order chi connectivity index (χ1) is 8.38. The number of phenols is 1. The highest BCUT2D eigenvalue weighted by atomic mass is 32.2. The molecule has 2 N–H and O–H groups in total. The summed E-state index contributed by atoms with van der Waals surface area (Å²) in [5, 5.41) is 13.5. The largest absolute Gasteiger partial charge is 0.507 e. The first-order valence-corrected chi connectivity index (χ1v) is 6.69. The van der Waals surface area contributed by atoms with Crippen molar-refractivity contribution in [3.05, 3.63) is 36.0 Å². The molecule has 96 valence electrons. The average molecular weight is 267 g/mol. The van der Waals surface area contributed by atoms with Gasteiger partial charge in [-0.15, -0.1) is 0 Å². The van der Waals surface area contributed by atoms with Gasteiger partial charge in [-0.05, 0) is 24.6 Å². The van der Waals surface area contributed by atoms with Gasteiger partial charge in [0.1, 0.15) is 10.6 Å². The molecule has 0 amide bonds. The zero-order chi connectivity index (χ0) is 13.3. The van der Waals surface area contributed by atoms with Gasteiger partial charge >= 0.3 is 0 Å². The lowest BCUT2D eigenvalue weighted by Gasteiger charge is -2.08. The number of hydrogen-bond acceptors (Lipinski definition) is 4. The number of nitrogens with zero attached hydrogens (tertiary/aromatic N) is 2. The fourth-order valence-electron chi connectivity index (χ4n) is 1.50. The molecule has 1 heterocycles. The second kappa shape index (κ2) is 4.34. The maximum absolute atomic E-state index is 12.1. The fourth-order valence-corrected chi connectivity index (χ4v) is 2.68. The van der Waals surface area contributed by atoms with E-state index in [9.17, 15) is 13.5 Å². The molecule has 1 aromatic carbocycles. The molecular weight excluding hydrogens is 254 g/mol. The normalized spacial score (nSPS) is 11.4. The Kier molecular flexibility index (Phi) is 3.00. The van der Waals surface area contributed by atoms with Gasteiger partial charge in [-0.1, -0.05) is 6.07 Å². The van der Waals surface area contributed by atoms with Crippen LogP contribution in [-0.2, 0) is 17.1 Å². The number of rotatable bonds is 3. The minimum absolute atomic E-state index is 0.159. The predicted octanol–water partition coefficient (Wildman–Crippen LogP) is 1.23. The topological polar surface area (TPSA) is 84.2 Å². The van der Waals surface area contributed by atoms with Crippen molar-refractivity contribution in [2.75, 3.05) is 4.72 Å². The van der Waals surface area contributed by atoms with E-state index >= 15 is 0 Å². The van der Waals surface area contributed by atoms with Crippen molar-refractivity contribution in [3.8, 4) is 5.75 Å². The summed E-state index contributed by atoms with van der Waals surface area (Å²) in [4.78, 5) is -0.159. The van der Waals surface area contributed by atoms with Crippen LogP contribution in [0.1, 0.15) is 5.56 Å². The summed E-state index contributed by atoms with van der Waals surface area (Å²) in [5.41, 5.74) is 0.745. The van der Waals surface area contributed by atoms with Crippen molar-refractivity contribution < 1.29 is 13.5 Å². The Morgan fingerprint density at radius 1 is 1.33 bits per heavy atom. The second-order valence-electron chi connectivity index (χ2n) is 3.95. The summed E-state index contributed by atoms with van der Waals surface area (Å²) in [6.45, 7) is 1.75. The number of aromatic hydroxyl groups is 1. The van der Waals surface area contributed by atoms with Crippen LogP contribution in [0, 0.1) is 6.92 Å². The van der Waals surface area contributed by atoms with Crippen molar-refractivity contribution in [2.24, 2.45) is 7.05 Å². The Morgan fingerprint density at radius 2 is 2.06 bits per heavy atom. The minimum atomic E-state index is -3.83. The molecule has 0 spiro atoms. The molecule has 0 bridgehead atoms. The average Bonchev–Trinajstić information content (AvgIpc) is 2.66. The Balaban J connectivity index is 2.39. The Hall–Kier alpha value is -2.02. The molecule has 0 aliphatic heterocycles. The number of aromatic nitrogens is 2. The van der Waals surface area contributed by atoms with Crippen LogP contribution >= 0.6 is 0 Å². The quantitative estimate of drug-likeness (QED) is 0.876. The number of benzene rings is 1. The number of aryl methyl sites for hydroxylation is 2. The monoisotopic (exact) mass is 267 g/mol. The van der Waals surface area contributed by atoms with E-state index in [0.717, 1.165) is 5.56 Å². The highest BCUT2D eigenvalue weighted by Crippen LogP contribution is 2.25. The maximum Gasteiger partial charge on any atom is 0.266 e. The van der Waals surface area contributed by atoms with E-state index < -0.39 is 10.0 Å². The highest BCUT2D eigenvalue weighted by molar-refractivity contribution is 7.92. The van der Waals surface area contributed by atoms with Crippen LogP contribution in [0.5, 0.6) is 5.75 Å². The molecule has 0 saturated carbocycles. The molecule has 0 aliphatic carbocycles. The molecule has 2 rings (SSSR count). The molecule has 18 heavy (non-hydrogen) atoms. The van der Waals surface area contributed by atoms with Crippen LogP contribution < -0.4 is 4.72 Å². The summed E-state index contributed by atoms with van der Waals surface area (Å²) in [6.07, 6.45) is 1.62. The van der Waals surface area contributed by atoms with Gasteiger partial charge in [0.2, 0.25) is 0 Å². The lowest BCUT2D eigenvalue weighted by atomic mass is 10.2. The molecule has 1 aromatic heterocycles. The summed E-state index contributed by atoms with van der Waals surface area (Å²) >= 11 is 0. The van der Waals surface area contributed by atoms with Gasteiger partial charge in [0.05, 0.1) is 0 Å². The SMILES string of the molecule is Cc1ccc(O)c(S(=O)(=O)Nc2ccn(C)n2)c1. The standard InChI is InChI=1S/C11H13N3O3S/c1-8-3-4-9(15)10(7-8)18(16,17)13-11-5-6-14(2)12-11/h3-7,15H,1-2H3,(H,12,13). The number of anilines is 1. The van der Waals surface area contributed by atoms with E-state index in [1.54, 1.807) is 26.2 Å². The maximum atomic E-state index is 12.1. The number of nitrogens with one attached hydrogen (secondary N) is 1. The fraction of sp³-hybridized carbons (Fsp3) is 0.182. The van der Waals surface area contributed by atoms with E-state index in [0.29, 0.717) is 0 Å². The molecule has 7 heteroatoms. The molecular formula is C11H13N3O3S. The zero-order valence-corrected chi connectivity index (χ0v) is 10.8. The number of hydrogen-bond donors (Lipinski definition) is 2. The Morgan fingerprint density at radius 3 is 2.67 bits per heavy atom. The number of phenolic OH excluding ortho intramolecular Hbond substituents is 1. The third kappa shape index (κ3) is 2.45. The van der Waals surface area contributed by atoms with E-state index in [1.165, 1.54) is 22.9 Å². The van der Waals surface area contributed by atoms with Crippen molar-refractivity contribution in [1.82, 2.24) is 9.78 Å². The third-order valence-electron chi connectivity index (χ3n) is 2.36. The van der Waals surface area contributed by atoms with Crippen molar-refractivity contribution >= 4 is 15.8 Å². The third-order valence-corrected chi connectivity index (χ3v) is 3.74. The van der Waals surface area contributed by atoms with Crippen molar-refractivity contribution in [3.63, 3.8) is 0 Å². The van der Waals surface area contributed by atoms with Crippen molar-refractivity contribution in [2.45, 2.75) is 11.8 Å². The minimum Gasteiger partial charge on any atom is -0.507 e. The van der Waals surface area contributed by atoms with E-state index in [-0.39, 0.29) is 16.5 Å². The molecule has 0 aliphatic rings. The highest BCUT2D eigenvalue weighted by Gasteiger charge is 2.19.